The standard InChI is InChI=1S/C32H38N4O5S/c1-22(24-14-8-5-9-15-24)34-31(38)25-19-26(21-27(20-25)36(2)42(3,40)41)32(39)35-29(18-23-12-6-4-7-13-23)30(37)28-16-10-11-17-33-28/h4-9,12-15,19-22,28-29,33H,10-11,16-18H2,1-3H3,(H,34,38)(H,35,39)/t22-,28?,29?/m1/s1. The molecule has 4 rings (SSSR count). The fourth-order valence-electron chi connectivity index (χ4n) is 5.00. The summed E-state index contributed by atoms with van der Waals surface area (Å²) in [4.78, 5) is 40.6. The summed E-state index contributed by atoms with van der Waals surface area (Å²) in [5.41, 5.74) is 2.14. The Morgan fingerprint density at radius 3 is 2.07 bits per heavy atom. The lowest BCUT2D eigenvalue weighted by molar-refractivity contribution is -0.123. The Hall–Kier alpha value is -4.02. The van der Waals surface area contributed by atoms with Gasteiger partial charge in [-0.1, -0.05) is 67.1 Å². The van der Waals surface area contributed by atoms with Crippen molar-refractivity contribution in [3.63, 3.8) is 0 Å². The summed E-state index contributed by atoms with van der Waals surface area (Å²) < 4.78 is 25.8. The number of piperidine rings is 1. The van der Waals surface area contributed by atoms with Gasteiger partial charge in [-0.05, 0) is 62.1 Å². The molecular weight excluding hydrogens is 552 g/mol. The number of hydrogen-bond acceptors (Lipinski definition) is 6. The Kier molecular flexibility index (Phi) is 10.1. The second-order valence-corrected chi connectivity index (χ2v) is 12.7. The summed E-state index contributed by atoms with van der Waals surface area (Å²) in [5, 5.41) is 9.07. The molecule has 10 heteroatoms. The predicted octanol–water partition coefficient (Wildman–Crippen LogP) is 3.63. The van der Waals surface area contributed by atoms with Crippen molar-refractivity contribution in [1.82, 2.24) is 16.0 Å². The molecule has 3 aromatic rings. The zero-order valence-electron chi connectivity index (χ0n) is 24.2. The third kappa shape index (κ3) is 8.04. The Morgan fingerprint density at radius 1 is 0.905 bits per heavy atom. The molecule has 3 atom stereocenters. The maximum absolute atomic E-state index is 13.7. The molecule has 222 valence electrons. The molecule has 1 heterocycles. The third-order valence-corrected chi connectivity index (χ3v) is 8.74. The Bertz CT molecular complexity index is 1510. The molecule has 2 amide bonds. The van der Waals surface area contributed by atoms with Crippen molar-refractivity contribution in [2.75, 3.05) is 24.2 Å². The number of rotatable bonds is 11. The van der Waals surface area contributed by atoms with Gasteiger partial charge in [0.2, 0.25) is 10.0 Å². The molecule has 1 aliphatic rings. The molecule has 0 spiro atoms. The second-order valence-electron chi connectivity index (χ2n) is 10.7. The van der Waals surface area contributed by atoms with Crippen LogP contribution in [0.3, 0.4) is 0 Å². The summed E-state index contributed by atoms with van der Waals surface area (Å²) >= 11 is 0. The molecule has 0 bridgehead atoms. The van der Waals surface area contributed by atoms with E-state index in [9.17, 15) is 22.8 Å². The third-order valence-electron chi connectivity index (χ3n) is 7.54. The SMILES string of the molecule is C[C@@H](NC(=O)c1cc(C(=O)NC(Cc2ccccc2)C(=O)C2CCCCN2)cc(N(C)S(C)(=O)=O)c1)c1ccccc1. The average molecular weight is 591 g/mol. The average Bonchev–Trinajstić information content (AvgIpc) is 3.00. The first-order valence-electron chi connectivity index (χ1n) is 14.1. The van der Waals surface area contributed by atoms with E-state index in [1.54, 1.807) is 0 Å². The molecular formula is C32H38N4O5S. The van der Waals surface area contributed by atoms with Crippen molar-refractivity contribution in [2.24, 2.45) is 0 Å². The molecule has 0 aromatic heterocycles. The summed E-state index contributed by atoms with van der Waals surface area (Å²) in [7, 11) is -2.33. The Morgan fingerprint density at radius 2 is 1.50 bits per heavy atom. The lowest BCUT2D eigenvalue weighted by Gasteiger charge is -2.27. The first-order valence-corrected chi connectivity index (χ1v) is 15.9. The van der Waals surface area contributed by atoms with Gasteiger partial charge in [0.25, 0.3) is 11.8 Å². The largest absolute Gasteiger partial charge is 0.346 e. The highest BCUT2D eigenvalue weighted by Gasteiger charge is 2.30. The maximum Gasteiger partial charge on any atom is 0.251 e. The lowest BCUT2D eigenvalue weighted by Crippen LogP contribution is -2.52. The summed E-state index contributed by atoms with van der Waals surface area (Å²) in [5.74, 6) is -1.15. The molecule has 3 aromatic carbocycles. The van der Waals surface area contributed by atoms with Crippen LogP contribution in [0.4, 0.5) is 5.69 Å². The minimum atomic E-state index is -3.69. The van der Waals surface area contributed by atoms with Crippen molar-refractivity contribution >= 4 is 33.3 Å². The van der Waals surface area contributed by atoms with Gasteiger partial charge in [-0.15, -0.1) is 0 Å². The molecule has 9 nitrogen and oxygen atoms in total. The molecule has 42 heavy (non-hydrogen) atoms. The van der Waals surface area contributed by atoms with E-state index in [2.05, 4.69) is 16.0 Å². The highest BCUT2D eigenvalue weighted by molar-refractivity contribution is 7.92. The maximum atomic E-state index is 13.7. The lowest BCUT2D eigenvalue weighted by atomic mass is 9.92. The van der Waals surface area contributed by atoms with Gasteiger partial charge in [-0.2, -0.15) is 0 Å². The van der Waals surface area contributed by atoms with E-state index < -0.39 is 27.9 Å². The van der Waals surface area contributed by atoms with Gasteiger partial charge in [0.15, 0.2) is 5.78 Å². The quantitative estimate of drug-likeness (QED) is 0.313. The van der Waals surface area contributed by atoms with Crippen LogP contribution in [0.1, 0.15) is 64.1 Å². The first-order chi connectivity index (χ1) is 20.0. The van der Waals surface area contributed by atoms with Gasteiger partial charge in [-0.25, -0.2) is 8.42 Å². The molecule has 0 aliphatic carbocycles. The van der Waals surface area contributed by atoms with Crippen molar-refractivity contribution in [2.45, 2.75) is 50.7 Å². The van der Waals surface area contributed by atoms with Gasteiger partial charge >= 0.3 is 0 Å². The number of sulfonamides is 1. The van der Waals surface area contributed by atoms with Crippen LogP contribution in [0.5, 0.6) is 0 Å². The number of ketones is 1. The van der Waals surface area contributed by atoms with Crippen molar-refractivity contribution in [1.29, 1.82) is 0 Å². The van der Waals surface area contributed by atoms with Crippen LogP contribution >= 0.6 is 0 Å². The van der Waals surface area contributed by atoms with Crippen LogP contribution in [0.15, 0.2) is 78.9 Å². The van der Waals surface area contributed by atoms with Crippen LogP contribution in [-0.4, -0.2) is 57.9 Å². The van der Waals surface area contributed by atoms with Crippen LogP contribution < -0.4 is 20.3 Å². The highest BCUT2D eigenvalue weighted by atomic mass is 32.2. The number of nitrogens with zero attached hydrogens (tertiary/aromatic N) is 1. The minimum absolute atomic E-state index is 0.0722. The monoisotopic (exact) mass is 590 g/mol. The molecule has 1 saturated heterocycles. The molecule has 3 N–H and O–H groups in total. The van der Waals surface area contributed by atoms with Crippen LogP contribution in [0.25, 0.3) is 0 Å². The highest BCUT2D eigenvalue weighted by Crippen LogP contribution is 2.22. The van der Waals surface area contributed by atoms with Gasteiger partial charge < -0.3 is 16.0 Å². The topological polar surface area (TPSA) is 125 Å². The van der Waals surface area contributed by atoms with Gasteiger partial charge in [0.1, 0.15) is 0 Å². The Balaban J connectivity index is 1.64. The van der Waals surface area contributed by atoms with E-state index in [0.717, 1.165) is 41.1 Å². The number of hydrogen-bond donors (Lipinski definition) is 3. The first kappa shape index (κ1) is 30.9. The second kappa shape index (κ2) is 13.8. The normalized spacial score (nSPS) is 16.6. The van der Waals surface area contributed by atoms with E-state index in [1.807, 2.05) is 67.6 Å². The number of carbonyl (C=O) groups excluding carboxylic acids is 3. The number of carbonyl (C=O) groups is 3. The van der Waals surface area contributed by atoms with Gasteiger partial charge in [0, 0.05) is 18.2 Å². The zero-order chi connectivity index (χ0) is 30.3. The fourth-order valence-corrected chi connectivity index (χ4v) is 5.49. The summed E-state index contributed by atoms with van der Waals surface area (Å²) in [6, 6.07) is 21.6. The number of Topliss-reactive ketones (excluding diaryl/α,β-unsaturated/α-hetero) is 1. The predicted molar refractivity (Wildman–Crippen MR) is 164 cm³/mol. The minimum Gasteiger partial charge on any atom is -0.346 e. The van der Waals surface area contributed by atoms with Crippen molar-refractivity contribution in [3.8, 4) is 0 Å². The zero-order valence-corrected chi connectivity index (χ0v) is 25.0. The van der Waals surface area contributed by atoms with Crippen LogP contribution in [-0.2, 0) is 21.2 Å². The van der Waals surface area contributed by atoms with E-state index in [-0.39, 0.29) is 34.7 Å². The van der Waals surface area contributed by atoms with Gasteiger partial charge in [-0.3, -0.25) is 18.7 Å². The van der Waals surface area contributed by atoms with E-state index >= 15 is 0 Å². The fraction of sp³-hybridized carbons (Fsp3) is 0.344. The number of anilines is 1. The smallest absolute Gasteiger partial charge is 0.251 e. The number of amides is 2. The Labute approximate surface area is 247 Å². The van der Waals surface area contributed by atoms with Crippen LogP contribution in [0, 0.1) is 0 Å². The van der Waals surface area contributed by atoms with Crippen molar-refractivity contribution < 1.29 is 22.8 Å². The van der Waals surface area contributed by atoms with Crippen molar-refractivity contribution in [3.05, 3.63) is 101 Å². The van der Waals surface area contributed by atoms with E-state index in [4.69, 9.17) is 0 Å². The van der Waals surface area contributed by atoms with E-state index in [1.165, 1.54) is 25.2 Å². The molecule has 0 radical (unpaired) electrons. The molecule has 0 saturated carbocycles. The number of benzene rings is 3. The summed E-state index contributed by atoms with van der Waals surface area (Å²) in [6.07, 6.45) is 3.96. The van der Waals surface area contributed by atoms with Gasteiger partial charge in [0.05, 0.1) is 30.1 Å². The molecule has 1 fully saturated rings. The molecule has 1 aliphatic heterocycles. The van der Waals surface area contributed by atoms with E-state index in [0.29, 0.717) is 12.8 Å². The van der Waals surface area contributed by atoms with Crippen LogP contribution in [0.2, 0.25) is 0 Å². The summed E-state index contributed by atoms with van der Waals surface area (Å²) in [6.45, 7) is 2.58. The number of nitrogens with one attached hydrogen (secondary N) is 3. The molecule has 2 unspecified atom stereocenters.